The number of ether oxygens (including phenoxy) is 1. The second kappa shape index (κ2) is 4.69. The zero-order chi connectivity index (χ0) is 14.3. The van der Waals surface area contributed by atoms with Gasteiger partial charge in [-0.05, 0) is 31.3 Å². The lowest BCUT2D eigenvalue weighted by Crippen LogP contribution is -2.53. The van der Waals surface area contributed by atoms with E-state index in [-0.39, 0.29) is 0 Å². The van der Waals surface area contributed by atoms with Gasteiger partial charge in [0.2, 0.25) is 11.6 Å². The molecule has 0 aromatic carbocycles. The molecule has 0 unspecified atom stereocenters. The van der Waals surface area contributed by atoms with Gasteiger partial charge in [0.15, 0.2) is 5.41 Å². The Morgan fingerprint density at radius 1 is 1.20 bits per heavy atom. The van der Waals surface area contributed by atoms with Gasteiger partial charge in [-0.25, -0.2) is 0 Å². The molecule has 0 aromatic heterocycles. The van der Waals surface area contributed by atoms with Crippen molar-refractivity contribution in [3.8, 4) is 0 Å². The summed E-state index contributed by atoms with van der Waals surface area (Å²) in [5.41, 5.74) is 0.399. The van der Waals surface area contributed by atoms with Crippen molar-refractivity contribution < 1.29 is 19.1 Å². The van der Waals surface area contributed by atoms with Gasteiger partial charge in [-0.15, -0.1) is 0 Å². The highest BCUT2D eigenvalue weighted by molar-refractivity contribution is 6.47. The van der Waals surface area contributed by atoms with E-state index >= 15 is 0 Å². The number of rotatable bonds is 1. The number of ketones is 2. The van der Waals surface area contributed by atoms with Crippen LogP contribution in [0.25, 0.3) is 0 Å². The van der Waals surface area contributed by atoms with Gasteiger partial charge in [0.1, 0.15) is 0 Å². The first-order chi connectivity index (χ1) is 9.63. The number of methoxy groups -OCH3 is 1. The van der Waals surface area contributed by atoms with Crippen molar-refractivity contribution in [3.63, 3.8) is 0 Å². The van der Waals surface area contributed by atoms with Crippen LogP contribution in [0.3, 0.4) is 0 Å². The third kappa shape index (κ3) is 1.57. The Hall–Kier alpha value is -1.71. The summed E-state index contributed by atoms with van der Waals surface area (Å²) in [6, 6.07) is 0. The lowest BCUT2D eigenvalue weighted by atomic mass is 9.58. The molecule has 0 heterocycles. The summed E-state index contributed by atoms with van der Waals surface area (Å²) in [7, 11) is 1.27. The van der Waals surface area contributed by atoms with Crippen molar-refractivity contribution in [2.24, 2.45) is 11.3 Å². The van der Waals surface area contributed by atoms with Gasteiger partial charge in [-0.2, -0.15) is 0 Å². The first-order valence-corrected chi connectivity index (χ1v) is 7.21. The average molecular weight is 274 g/mol. The van der Waals surface area contributed by atoms with Gasteiger partial charge >= 0.3 is 5.97 Å². The molecular weight excluding hydrogens is 256 g/mol. The van der Waals surface area contributed by atoms with Gasteiger partial charge in [-0.3, -0.25) is 14.4 Å². The molecule has 0 radical (unpaired) electrons. The molecule has 0 N–H and O–H groups in total. The molecule has 0 fully saturated rings. The van der Waals surface area contributed by atoms with Crippen LogP contribution in [0, 0.1) is 11.3 Å². The quantitative estimate of drug-likeness (QED) is 0.318. The number of carbonyl (C=O) groups excluding carboxylic acids is 3. The Balaban J connectivity index is 2.19. The van der Waals surface area contributed by atoms with E-state index in [1.54, 1.807) is 12.2 Å². The standard InChI is InChI=1S/C16H18O4/c1-20-15(19)16-9-8-11(13(17)14(16)18)10-6-4-2-3-5-7-12(10)16/h8-9,11H,2-7H2,1H3/t11-,16+/m1/s1. The summed E-state index contributed by atoms with van der Waals surface area (Å²) in [4.78, 5) is 36.9. The molecular formula is C16H18O4. The molecule has 0 saturated heterocycles. The van der Waals surface area contributed by atoms with Gasteiger partial charge < -0.3 is 4.74 Å². The molecule has 106 valence electrons. The highest BCUT2D eigenvalue weighted by atomic mass is 16.5. The van der Waals surface area contributed by atoms with Crippen LogP contribution >= 0.6 is 0 Å². The number of allylic oxidation sites excluding steroid dienone is 2. The largest absolute Gasteiger partial charge is 0.468 e. The van der Waals surface area contributed by atoms with Crippen LogP contribution in [0.5, 0.6) is 0 Å². The predicted molar refractivity (Wildman–Crippen MR) is 71.8 cm³/mol. The number of hydrogen-bond donors (Lipinski definition) is 0. The molecule has 4 heteroatoms. The fraction of sp³-hybridized carbons (Fsp3) is 0.562. The van der Waals surface area contributed by atoms with Crippen LogP contribution in [0.15, 0.2) is 23.3 Å². The molecule has 0 aromatic rings. The van der Waals surface area contributed by atoms with Crippen LogP contribution in [0.1, 0.15) is 38.5 Å². The topological polar surface area (TPSA) is 60.4 Å². The van der Waals surface area contributed by atoms with Crippen LogP contribution in [-0.4, -0.2) is 24.6 Å². The Morgan fingerprint density at radius 3 is 2.60 bits per heavy atom. The number of esters is 1. The maximum Gasteiger partial charge on any atom is 0.328 e. The fourth-order valence-electron chi connectivity index (χ4n) is 3.77. The smallest absolute Gasteiger partial charge is 0.328 e. The second-order valence-electron chi connectivity index (χ2n) is 5.75. The Bertz CT molecular complexity index is 555. The Morgan fingerprint density at radius 2 is 1.90 bits per heavy atom. The third-order valence-corrected chi connectivity index (χ3v) is 4.77. The maximum absolute atomic E-state index is 12.4. The highest BCUT2D eigenvalue weighted by Gasteiger charge is 2.58. The summed E-state index contributed by atoms with van der Waals surface area (Å²) >= 11 is 0. The Kier molecular flexibility index (Phi) is 3.11. The molecule has 4 nitrogen and oxygen atoms in total. The number of carbonyl (C=O) groups is 3. The summed E-state index contributed by atoms with van der Waals surface area (Å²) in [6.45, 7) is 0. The van der Waals surface area contributed by atoms with Crippen LogP contribution in [0.4, 0.5) is 0 Å². The lowest BCUT2D eigenvalue weighted by Gasteiger charge is -2.42. The van der Waals surface area contributed by atoms with Crippen molar-refractivity contribution in [1.82, 2.24) is 0 Å². The maximum atomic E-state index is 12.4. The van der Waals surface area contributed by atoms with Crippen LogP contribution < -0.4 is 0 Å². The van der Waals surface area contributed by atoms with Crippen molar-refractivity contribution in [2.75, 3.05) is 7.11 Å². The molecule has 0 spiro atoms. The molecule has 0 amide bonds. The van der Waals surface area contributed by atoms with Crippen molar-refractivity contribution in [2.45, 2.75) is 38.5 Å². The van der Waals surface area contributed by atoms with Gasteiger partial charge in [0, 0.05) is 0 Å². The van der Waals surface area contributed by atoms with Gasteiger partial charge in [-0.1, -0.05) is 30.6 Å². The van der Waals surface area contributed by atoms with E-state index in [0.717, 1.165) is 43.3 Å². The minimum atomic E-state index is -1.45. The molecule has 2 atom stereocenters. The van der Waals surface area contributed by atoms with E-state index in [1.165, 1.54) is 7.11 Å². The fourth-order valence-corrected chi connectivity index (χ4v) is 3.77. The van der Waals surface area contributed by atoms with Crippen LogP contribution in [0.2, 0.25) is 0 Å². The van der Waals surface area contributed by atoms with E-state index in [9.17, 15) is 14.4 Å². The summed E-state index contributed by atoms with van der Waals surface area (Å²) in [5, 5.41) is 0. The van der Waals surface area contributed by atoms with E-state index in [1.807, 2.05) is 0 Å². The molecule has 2 bridgehead atoms. The van der Waals surface area contributed by atoms with Crippen molar-refractivity contribution in [1.29, 1.82) is 0 Å². The zero-order valence-electron chi connectivity index (χ0n) is 11.6. The van der Waals surface area contributed by atoms with Crippen LogP contribution in [-0.2, 0) is 19.1 Å². The molecule has 20 heavy (non-hydrogen) atoms. The lowest BCUT2D eigenvalue weighted by molar-refractivity contribution is -0.157. The van der Waals surface area contributed by atoms with E-state index in [2.05, 4.69) is 0 Å². The molecule has 4 aliphatic rings. The molecule has 4 rings (SSSR count). The number of hydrogen-bond acceptors (Lipinski definition) is 4. The SMILES string of the molecule is COC(=O)[C@]12C=C[C@@H](C(=O)C1=O)C1=C2CCCCCC1. The van der Waals surface area contributed by atoms with E-state index < -0.39 is 28.9 Å². The summed E-state index contributed by atoms with van der Waals surface area (Å²) in [6.07, 6.45) is 9.06. The molecule has 0 saturated carbocycles. The summed E-state index contributed by atoms with van der Waals surface area (Å²) < 4.78 is 4.85. The third-order valence-electron chi connectivity index (χ3n) is 4.77. The van der Waals surface area contributed by atoms with Gasteiger partial charge in [0.05, 0.1) is 13.0 Å². The monoisotopic (exact) mass is 274 g/mol. The molecule has 0 aliphatic heterocycles. The van der Waals surface area contributed by atoms with Crippen molar-refractivity contribution >= 4 is 17.5 Å². The molecule has 4 aliphatic carbocycles. The first kappa shape index (κ1) is 13.3. The predicted octanol–water partition coefficient (Wildman–Crippen LogP) is 2.13. The minimum absolute atomic E-state index is 0.429. The zero-order valence-corrected chi connectivity index (χ0v) is 11.6. The first-order valence-electron chi connectivity index (χ1n) is 7.21. The summed E-state index contributed by atoms with van der Waals surface area (Å²) in [5.74, 6) is -2.09. The highest BCUT2D eigenvalue weighted by Crippen LogP contribution is 2.50. The van der Waals surface area contributed by atoms with E-state index in [4.69, 9.17) is 4.74 Å². The van der Waals surface area contributed by atoms with E-state index in [0.29, 0.717) is 6.42 Å². The van der Waals surface area contributed by atoms with Gasteiger partial charge in [0.25, 0.3) is 0 Å². The second-order valence-corrected chi connectivity index (χ2v) is 5.75. The average Bonchev–Trinajstić information content (AvgIpc) is 2.43. The normalized spacial score (nSPS) is 32.8. The van der Waals surface area contributed by atoms with Crippen molar-refractivity contribution in [3.05, 3.63) is 23.3 Å². The Labute approximate surface area is 117 Å². The number of Topliss-reactive ketones (excluding diaryl/α,β-unsaturated/α-hetero) is 2. The minimum Gasteiger partial charge on any atom is -0.468 e. The number of fused-ring (bicyclic) bond motifs is 1.